The quantitative estimate of drug-likeness (QED) is 0.545. The van der Waals surface area contributed by atoms with E-state index in [1.165, 1.54) is 6.07 Å². The lowest BCUT2D eigenvalue weighted by molar-refractivity contribution is 0.0552. The van der Waals surface area contributed by atoms with Crippen LogP contribution in [0.1, 0.15) is 10.4 Å². The van der Waals surface area contributed by atoms with Crippen LogP contribution in [0.4, 0.5) is 0 Å². The maximum Gasteiger partial charge on any atom is 0.202 e. The number of rotatable bonds is 0. The van der Waals surface area contributed by atoms with Crippen molar-refractivity contribution in [3.63, 3.8) is 0 Å². The molecular formula is C9H8O5. The molecule has 14 heavy (non-hydrogen) atoms. The van der Waals surface area contributed by atoms with Gasteiger partial charge in [0.05, 0.1) is 0 Å². The van der Waals surface area contributed by atoms with Gasteiger partial charge in [-0.25, -0.2) is 0 Å². The Morgan fingerprint density at radius 3 is 2.79 bits per heavy atom. The lowest BCUT2D eigenvalue weighted by Gasteiger charge is -2.21. The average Bonchev–Trinajstić information content (AvgIpc) is 2.10. The summed E-state index contributed by atoms with van der Waals surface area (Å²) in [5, 5.41) is 27.6. The number of hydrogen-bond donors (Lipinski definition) is 3. The summed E-state index contributed by atoms with van der Waals surface area (Å²) in [6.07, 6.45) is -1.25. The zero-order valence-corrected chi connectivity index (χ0v) is 7.10. The first-order valence-electron chi connectivity index (χ1n) is 4.00. The van der Waals surface area contributed by atoms with Gasteiger partial charge in [0.2, 0.25) is 5.78 Å². The average molecular weight is 196 g/mol. The van der Waals surface area contributed by atoms with Crippen molar-refractivity contribution in [3.05, 3.63) is 17.7 Å². The van der Waals surface area contributed by atoms with Crippen LogP contribution in [0, 0.1) is 0 Å². The second-order valence-electron chi connectivity index (χ2n) is 3.03. The molecule has 1 aliphatic rings. The number of carbonyl (C=O) groups excluding carboxylic acids is 1. The third-order valence-electron chi connectivity index (χ3n) is 2.01. The van der Waals surface area contributed by atoms with Crippen LogP contribution in [-0.2, 0) is 0 Å². The van der Waals surface area contributed by atoms with Crippen molar-refractivity contribution >= 4 is 5.78 Å². The summed E-state index contributed by atoms with van der Waals surface area (Å²) in [5.74, 6) is -1.07. The van der Waals surface area contributed by atoms with E-state index in [1.807, 2.05) is 0 Å². The van der Waals surface area contributed by atoms with Crippen LogP contribution in [0.3, 0.4) is 0 Å². The molecule has 1 atom stereocenters. The van der Waals surface area contributed by atoms with E-state index < -0.39 is 11.9 Å². The molecule has 0 bridgehead atoms. The molecule has 0 spiro atoms. The van der Waals surface area contributed by atoms with Crippen LogP contribution in [0.15, 0.2) is 12.1 Å². The predicted molar refractivity (Wildman–Crippen MR) is 45.6 cm³/mol. The van der Waals surface area contributed by atoms with Gasteiger partial charge < -0.3 is 20.1 Å². The van der Waals surface area contributed by atoms with E-state index in [4.69, 9.17) is 9.84 Å². The van der Waals surface area contributed by atoms with E-state index in [1.54, 1.807) is 0 Å². The van der Waals surface area contributed by atoms with Crippen LogP contribution in [0.2, 0.25) is 0 Å². The Hall–Kier alpha value is -1.75. The lowest BCUT2D eigenvalue weighted by atomic mass is 10.0. The highest BCUT2D eigenvalue weighted by atomic mass is 16.5. The second kappa shape index (κ2) is 2.88. The van der Waals surface area contributed by atoms with Gasteiger partial charge >= 0.3 is 0 Å². The number of ketones is 1. The Morgan fingerprint density at radius 1 is 1.36 bits per heavy atom. The van der Waals surface area contributed by atoms with Crippen molar-refractivity contribution in [2.75, 3.05) is 6.61 Å². The largest absolute Gasteiger partial charge is 0.508 e. The topological polar surface area (TPSA) is 87.0 Å². The Bertz CT molecular complexity index is 398. The van der Waals surface area contributed by atoms with E-state index >= 15 is 0 Å². The number of aliphatic hydroxyl groups is 1. The van der Waals surface area contributed by atoms with Crippen molar-refractivity contribution in [1.29, 1.82) is 0 Å². The Morgan fingerprint density at radius 2 is 2.07 bits per heavy atom. The standard InChI is InChI=1S/C9H8O5/c10-4-1-5(11)8-7(2-4)14-3-6(12)9(8)13/h1-2,6,10-12H,3H2/t6-/m0/s1. The first-order valence-corrected chi connectivity index (χ1v) is 4.00. The first-order chi connectivity index (χ1) is 6.59. The van der Waals surface area contributed by atoms with Gasteiger partial charge in [-0.3, -0.25) is 4.79 Å². The molecule has 1 heterocycles. The number of phenolic OH excluding ortho intramolecular Hbond substituents is 2. The summed E-state index contributed by atoms with van der Waals surface area (Å²) >= 11 is 0. The molecule has 5 heteroatoms. The number of Topliss-reactive ketones (excluding diaryl/α,β-unsaturated/α-hetero) is 1. The van der Waals surface area contributed by atoms with Gasteiger partial charge in [0.15, 0.2) is 6.10 Å². The van der Waals surface area contributed by atoms with Crippen molar-refractivity contribution in [3.8, 4) is 17.2 Å². The van der Waals surface area contributed by atoms with Crippen LogP contribution in [0.25, 0.3) is 0 Å². The maximum atomic E-state index is 11.4. The Balaban J connectivity index is 2.60. The van der Waals surface area contributed by atoms with Crippen LogP contribution < -0.4 is 4.74 Å². The molecule has 74 valence electrons. The van der Waals surface area contributed by atoms with Crippen LogP contribution >= 0.6 is 0 Å². The van der Waals surface area contributed by atoms with E-state index in [-0.39, 0.29) is 29.4 Å². The van der Waals surface area contributed by atoms with Crippen molar-refractivity contribution in [2.45, 2.75) is 6.10 Å². The van der Waals surface area contributed by atoms with Crippen LogP contribution in [-0.4, -0.2) is 33.8 Å². The number of carbonyl (C=O) groups is 1. The lowest BCUT2D eigenvalue weighted by Crippen LogP contribution is -2.32. The summed E-state index contributed by atoms with van der Waals surface area (Å²) in [6.45, 7) is -0.158. The normalized spacial score (nSPS) is 20.1. The van der Waals surface area contributed by atoms with Gasteiger partial charge in [-0.05, 0) is 0 Å². The van der Waals surface area contributed by atoms with Crippen molar-refractivity contribution in [1.82, 2.24) is 0 Å². The van der Waals surface area contributed by atoms with E-state index in [9.17, 15) is 15.0 Å². The molecule has 0 fully saturated rings. The molecule has 0 aliphatic carbocycles. The van der Waals surface area contributed by atoms with Crippen LogP contribution in [0.5, 0.6) is 17.2 Å². The molecule has 0 unspecified atom stereocenters. The number of hydrogen-bond acceptors (Lipinski definition) is 5. The fraction of sp³-hybridized carbons (Fsp3) is 0.222. The molecule has 3 N–H and O–H groups in total. The summed E-state index contributed by atoms with van der Waals surface area (Å²) in [4.78, 5) is 11.4. The zero-order valence-electron chi connectivity index (χ0n) is 7.10. The SMILES string of the molecule is O=C1c2c(O)cc(O)cc2OC[C@@H]1O. The summed E-state index contributed by atoms with van der Waals surface area (Å²) in [6, 6.07) is 2.25. The van der Waals surface area contributed by atoms with Gasteiger partial charge in [-0.2, -0.15) is 0 Å². The molecule has 0 amide bonds. The second-order valence-corrected chi connectivity index (χ2v) is 3.03. The van der Waals surface area contributed by atoms with E-state index in [0.717, 1.165) is 6.07 Å². The molecule has 1 aromatic carbocycles. The Kier molecular flexibility index (Phi) is 1.82. The minimum atomic E-state index is -1.25. The molecule has 1 aromatic rings. The van der Waals surface area contributed by atoms with E-state index in [2.05, 4.69) is 0 Å². The summed E-state index contributed by atoms with van der Waals surface area (Å²) in [7, 11) is 0. The highest BCUT2D eigenvalue weighted by Gasteiger charge is 2.30. The van der Waals surface area contributed by atoms with Gasteiger partial charge in [0, 0.05) is 12.1 Å². The molecule has 1 aliphatic heterocycles. The monoisotopic (exact) mass is 196 g/mol. The number of phenols is 2. The smallest absolute Gasteiger partial charge is 0.202 e. The fourth-order valence-corrected chi connectivity index (χ4v) is 1.36. The van der Waals surface area contributed by atoms with Crippen molar-refractivity contribution < 1.29 is 24.9 Å². The third-order valence-corrected chi connectivity index (χ3v) is 2.01. The molecule has 0 saturated heterocycles. The van der Waals surface area contributed by atoms with Crippen molar-refractivity contribution in [2.24, 2.45) is 0 Å². The number of ether oxygens (including phenoxy) is 1. The molecule has 0 saturated carbocycles. The van der Waals surface area contributed by atoms with Gasteiger partial charge in [0.1, 0.15) is 29.4 Å². The number of aliphatic hydroxyl groups excluding tert-OH is 1. The number of aromatic hydroxyl groups is 2. The Labute approximate surface area is 79.2 Å². The van der Waals surface area contributed by atoms with Gasteiger partial charge in [-0.15, -0.1) is 0 Å². The van der Waals surface area contributed by atoms with E-state index in [0.29, 0.717) is 0 Å². The molecule has 0 radical (unpaired) electrons. The highest BCUT2D eigenvalue weighted by Crippen LogP contribution is 2.35. The highest BCUT2D eigenvalue weighted by molar-refractivity contribution is 6.05. The number of fused-ring (bicyclic) bond motifs is 1. The minimum Gasteiger partial charge on any atom is -0.508 e. The van der Waals surface area contributed by atoms with Gasteiger partial charge in [0.25, 0.3) is 0 Å². The molecule has 2 rings (SSSR count). The zero-order chi connectivity index (χ0) is 10.3. The molecule has 0 aromatic heterocycles. The predicted octanol–water partition coefficient (Wildman–Crippen LogP) is 0.0338. The number of benzene rings is 1. The van der Waals surface area contributed by atoms with Gasteiger partial charge in [-0.1, -0.05) is 0 Å². The first kappa shape index (κ1) is 8.83. The summed E-state index contributed by atoms with van der Waals surface area (Å²) in [5.41, 5.74) is -0.0819. The summed E-state index contributed by atoms with van der Waals surface area (Å²) < 4.78 is 4.98. The molecular weight excluding hydrogens is 188 g/mol. The minimum absolute atomic E-state index is 0.0819. The fourth-order valence-electron chi connectivity index (χ4n) is 1.36. The molecule has 5 nitrogen and oxygen atoms in total. The third kappa shape index (κ3) is 1.18. The maximum absolute atomic E-state index is 11.4.